The van der Waals surface area contributed by atoms with Gasteiger partial charge in [0, 0.05) is 11.1 Å². The largest absolute Gasteiger partial charge is 0.349 e. The van der Waals surface area contributed by atoms with E-state index < -0.39 is 0 Å². The lowest BCUT2D eigenvalue weighted by Crippen LogP contribution is -2.65. The third kappa shape index (κ3) is 2.60. The summed E-state index contributed by atoms with van der Waals surface area (Å²) in [6, 6.07) is 0. The molecule has 4 saturated carbocycles. The third-order valence-electron chi connectivity index (χ3n) is 6.04. The molecule has 0 aliphatic heterocycles. The molecule has 116 valence electrons. The van der Waals surface area contributed by atoms with E-state index in [9.17, 15) is 9.59 Å². The monoisotopic (exact) mass is 290 g/mol. The van der Waals surface area contributed by atoms with E-state index in [0.29, 0.717) is 17.4 Å². The molecule has 21 heavy (non-hydrogen) atoms. The standard InChI is InChI=1S/C17H26N2O2/c1-10(2)16(21)18-9-15(20)19-17(3)13-5-11-4-12(7-13)8-14(17)6-11/h11-14H,1,4-9H2,2-3H3,(H,18,21)(H,19,20). The molecule has 2 amide bonds. The molecule has 2 N–H and O–H groups in total. The molecule has 4 nitrogen and oxygen atoms in total. The second-order valence-corrected chi connectivity index (χ2v) is 7.60. The molecular weight excluding hydrogens is 264 g/mol. The van der Waals surface area contributed by atoms with Crippen molar-refractivity contribution in [1.29, 1.82) is 0 Å². The van der Waals surface area contributed by atoms with Gasteiger partial charge in [0.15, 0.2) is 0 Å². The summed E-state index contributed by atoms with van der Waals surface area (Å²) >= 11 is 0. The highest BCUT2D eigenvalue weighted by Crippen LogP contribution is 2.58. The Morgan fingerprint density at radius 2 is 1.62 bits per heavy atom. The lowest BCUT2D eigenvalue weighted by atomic mass is 9.49. The first kappa shape index (κ1) is 14.6. The van der Waals surface area contributed by atoms with Crippen molar-refractivity contribution in [3.63, 3.8) is 0 Å². The molecule has 4 heteroatoms. The van der Waals surface area contributed by atoms with Gasteiger partial charge in [-0.05, 0) is 69.6 Å². The van der Waals surface area contributed by atoms with Gasteiger partial charge in [-0.1, -0.05) is 6.58 Å². The minimum absolute atomic E-state index is 0.0492. The van der Waals surface area contributed by atoms with E-state index in [4.69, 9.17) is 0 Å². The average Bonchev–Trinajstić information content (AvgIpc) is 2.41. The minimum Gasteiger partial charge on any atom is -0.349 e. The maximum Gasteiger partial charge on any atom is 0.246 e. The molecule has 4 aliphatic carbocycles. The normalized spacial score (nSPS) is 39.9. The Bertz CT molecular complexity index is 455. The van der Waals surface area contributed by atoms with Crippen molar-refractivity contribution >= 4 is 11.8 Å². The second-order valence-electron chi connectivity index (χ2n) is 7.60. The summed E-state index contributed by atoms with van der Waals surface area (Å²) < 4.78 is 0. The zero-order valence-electron chi connectivity index (χ0n) is 13.1. The van der Waals surface area contributed by atoms with Gasteiger partial charge in [-0.3, -0.25) is 9.59 Å². The van der Waals surface area contributed by atoms with Gasteiger partial charge in [-0.25, -0.2) is 0 Å². The molecule has 0 aromatic rings. The summed E-state index contributed by atoms with van der Waals surface area (Å²) in [6.07, 6.45) is 6.47. The van der Waals surface area contributed by atoms with E-state index in [0.717, 1.165) is 11.8 Å². The molecule has 0 saturated heterocycles. The lowest BCUT2D eigenvalue weighted by molar-refractivity contribution is -0.131. The van der Waals surface area contributed by atoms with Gasteiger partial charge in [0.1, 0.15) is 0 Å². The van der Waals surface area contributed by atoms with Crippen LogP contribution in [0.4, 0.5) is 0 Å². The minimum atomic E-state index is -0.250. The average molecular weight is 290 g/mol. The first-order chi connectivity index (χ1) is 9.88. The van der Waals surface area contributed by atoms with E-state index >= 15 is 0 Å². The topological polar surface area (TPSA) is 58.2 Å². The maximum atomic E-state index is 12.2. The number of hydrogen-bond acceptors (Lipinski definition) is 2. The SMILES string of the molecule is C=C(C)C(=O)NCC(=O)NC1(C)C2CC3CC(C2)CC1C3. The summed E-state index contributed by atoms with van der Waals surface area (Å²) in [6.45, 7) is 7.49. The number of carbonyl (C=O) groups excluding carboxylic acids is 2. The molecule has 4 fully saturated rings. The molecular formula is C17H26N2O2. The van der Waals surface area contributed by atoms with Crippen LogP contribution in [-0.2, 0) is 9.59 Å². The van der Waals surface area contributed by atoms with E-state index in [2.05, 4.69) is 24.1 Å². The Morgan fingerprint density at radius 1 is 1.10 bits per heavy atom. The summed E-state index contributed by atoms with van der Waals surface area (Å²) in [5.41, 5.74) is 0.363. The number of carbonyl (C=O) groups is 2. The van der Waals surface area contributed by atoms with Crippen molar-refractivity contribution in [2.45, 2.75) is 51.5 Å². The van der Waals surface area contributed by atoms with Gasteiger partial charge in [-0.2, -0.15) is 0 Å². The van der Waals surface area contributed by atoms with Crippen LogP contribution in [0.1, 0.15) is 46.0 Å². The Kier molecular flexibility index (Phi) is 3.58. The van der Waals surface area contributed by atoms with E-state index in [1.807, 2.05) is 0 Å². The highest BCUT2D eigenvalue weighted by molar-refractivity contribution is 5.94. The van der Waals surface area contributed by atoms with Crippen LogP contribution in [0.5, 0.6) is 0 Å². The molecule has 0 atom stereocenters. The molecule has 4 aliphatic rings. The van der Waals surface area contributed by atoms with Gasteiger partial charge >= 0.3 is 0 Å². The predicted molar refractivity (Wildman–Crippen MR) is 81.4 cm³/mol. The summed E-state index contributed by atoms with van der Waals surface area (Å²) in [5, 5.41) is 5.87. The van der Waals surface area contributed by atoms with Crippen LogP contribution in [0.2, 0.25) is 0 Å². The van der Waals surface area contributed by atoms with Crippen LogP contribution in [0.25, 0.3) is 0 Å². The predicted octanol–water partition coefficient (Wildman–Crippen LogP) is 2.01. The molecule has 0 heterocycles. The van der Waals surface area contributed by atoms with Gasteiger partial charge in [0.2, 0.25) is 11.8 Å². The van der Waals surface area contributed by atoms with Crippen LogP contribution >= 0.6 is 0 Å². The number of rotatable bonds is 4. The zero-order chi connectivity index (χ0) is 15.2. The number of amides is 2. The van der Waals surface area contributed by atoms with Gasteiger partial charge < -0.3 is 10.6 Å². The Hall–Kier alpha value is -1.32. The fourth-order valence-corrected chi connectivity index (χ4v) is 5.02. The number of hydrogen-bond donors (Lipinski definition) is 2. The highest BCUT2D eigenvalue weighted by Gasteiger charge is 2.55. The van der Waals surface area contributed by atoms with Gasteiger partial charge in [0.25, 0.3) is 0 Å². The lowest BCUT2D eigenvalue weighted by Gasteiger charge is -2.60. The van der Waals surface area contributed by atoms with Crippen LogP contribution in [0.15, 0.2) is 12.2 Å². The van der Waals surface area contributed by atoms with Crippen LogP contribution in [-0.4, -0.2) is 23.9 Å². The van der Waals surface area contributed by atoms with E-state index in [1.54, 1.807) is 6.92 Å². The van der Waals surface area contributed by atoms with Crippen molar-refractivity contribution < 1.29 is 9.59 Å². The molecule has 0 aromatic carbocycles. The molecule has 4 bridgehead atoms. The zero-order valence-corrected chi connectivity index (χ0v) is 13.1. The van der Waals surface area contributed by atoms with E-state index in [-0.39, 0.29) is 23.9 Å². The van der Waals surface area contributed by atoms with Crippen molar-refractivity contribution in [3.05, 3.63) is 12.2 Å². The van der Waals surface area contributed by atoms with Crippen LogP contribution < -0.4 is 10.6 Å². The van der Waals surface area contributed by atoms with Crippen molar-refractivity contribution in [2.75, 3.05) is 6.54 Å². The molecule has 0 aromatic heterocycles. The molecule has 4 rings (SSSR count). The first-order valence-electron chi connectivity index (χ1n) is 8.13. The number of nitrogens with one attached hydrogen (secondary N) is 2. The van der Waals surface area contributed by atoms with Crippen molar-refractivity contribution in [3.8, 4) is 0 Å². The fraction of sp³-hybridized carbons (Fsp3) is 0.765. The smallest absolute Gasteiger partial charge is 0.246 e. The van der Waals surface area contributed by atoms with Crippen LogP contribution in [0.3, 0.4) is 0 Å². The van der Waals surface area contributed by atoms with E-state index in [1.165, 1.54) is 32.1 Å². The van der Waals surface area contributed by atoms with Crippen molar-refractivity contribution in [1.82, 2.24) is 10.6 Å². The Labute approximate surface area is 126 Å². The Balaban J connectivity index is 1.60. The second kappa shape index (κ2) is 5.15. The Morgan fingerprint density at radius 3 is 2.10 bits per heavy atom. The molecule has 0 radical (unpaired) electrons. The summed E-state index contributed by atoms with van der Waals surface area (Å²) in [7, 11) is 0. The van der Waals surface area contributed by atoms with Gasteiger partial charge in [-0.15, -0.1) is 0 Å². The quantitative estimate of drug-likeness (QED) is 0.778. The first-order valence-corrected chi connectivity index (χ1v) is 8.13. The highest BCUT2D eigenvalue weighted by atomic mass is 16.2. The maximum absolute atomic E-state index is 12.2. The summed E-state index contributed by atoms with van der Waals surface area (Å²) in [5.74, 6) is 2.70. The van der Waals surface area contributed by atoms with Crippen molar-refractivity contribution in [2.24, 2.45) is 23.7 Å². The van der Waals surface area contributed by atoms with Gasteiger partial charge in [0.05, 0.1) is 6.54 Å². The summed E-state index contributed by atoms with van der Waals surface area (Å²) in [4.78, 5) is 23.7. The third-order valence-corrected chi connectivity index (χ3v) is 6.04. The fourth-order valence-electron chi connectivity index (χ4n) is 5.02. The van der Waals surface area contributed by atoms with Crippen LogP contribution in [0, 0.1) is 23.7 Å². The molecule has 0 spiro atoms. The molecule has 0 unspecified atom stereocenters.